The summed E-state index contributed by atoms with van der Waals surface area (Å²) in [4.78, 5) is 40.0. The van der Waals surface area contributed by atoms with E-state index < -0.39 is 0 Å². The minimum absolute atomic E-state index is 0.00807. The van der Waals surface area contributed by atoms with Gasteiger partial charge in [-0.3, -0.25) is 19.3 Å². The van der Waals surface area contributed by atoms with E-state index in [0.717, 1.165) is 4.88 Å². The van der Waals surface area contributed by atoms with E-state index in [1.807, 2.05) is 17.5 Å². The molecule has 0 spiro atoms. The summed E-state index contributed by atoms with van der Waals surface area (Å²) in [5.41, 5.74) is 0. The molecule has 2 fully saturated rings. The fourth-order valence-electron chi connectivity index (χ4n) is 4.00. The maximum absolute atomic E-state index is 12.3. The van der Waals surface area contributed by atoms with Crippen LogP contribution in [0.4, 0.5) is 0 Å². The maximum Gasteiger partial charge on any atom is 0.287 e. The predicted octanol–water partition coefficient (Wildman–Crippen LogP) is 1.11. The zero-order valence-electron chi connectivity index (χ0n) is 15.9. The topological polar surface area (TPSA) is 104 Å². The number of amides is 3. The molecule has 0 aromatic carbocycles. The van der Waals surface area contributed by atoms with Crippen molar-refractivity contribution in [2.24, 2.45) is 0 Å². The third kappa shape index (κ3) is 4.68. The average molecular weight is 417 g/mol. The van der Waals surface area contributed by atoms with Gasteiger partial charge in [0, 0.05) is 36.5 Å². The van der Waals surface area contributed by atoms with Gasteiger partial charge in [-0.25, -0.2) is 0 Å². The van der Waals surface area contributed by atoms with Gasteiger partial charge in [0.1, 0.15) is 0 Å². The molecule has 29 heavy (non-hydrogen) atoms. The Hall–Kier alpha value is -2.65. The standard InChI is InChI=1S/C20H24N4O4S/c25-18(21-11-15-3-2-8-29-15)6-5-14-10-22-19(26)16-9-13(12-24(14)16)23-20(27)17-4-1-7-28-17/h1-4,7-8,13-14,16H,5-6,9-12H2,(H,21,25)(H,22,26)(H,23,27)/t13-,14-,16+/m1/s1. The van der Waals surface area contributed by atoms with Gasteiger partial charge in [0.05, 0.1) is 18.8 Å². The average Bonchev–Trinajstić information content (AvgIpc) is 3.47. The van der Waals surface area contributed by atoms with E-state index in [1.54, 1.807) is 23.5 Å². The fourth-order valence-corrected chi connectivity index (χ4v) is 4.64. The van der Waals surface area contributed by atoms with Crippen LogP contribution in [-0.2, 0) is 16.1 Å². The first-order valence-corrected chi connectivity index (χ1v) is 10.6. The van der Waals surface area contributed by atoms with Crippen LogP contribution in [0, 0.1) is 0 Å². The molecule has 0 aliphatic carbocycles. The molecule has 4 rings (SSSR count). The van der Waals surface area contributed by atoms with Gasteiger partial charge in [-0.2, -0.15) is 0 Å². The highest BCUT2D eigenvalue weighted by Gasteiger charge is 2.43. The van der Waals surface area contributed by atoms with Gasteiger partial charge in [0.2, 0.25) is 11.8 Å². The first-order valence-electron chi connectivity index (χ1n) is 9.77. The van der Waals surface area contributed by atoms with E-state index in [0.29, 0.717) is 38.9 Å². The Bertz CT molecular complexity index is 852. The highest BCUT2D eigenvalue weighted by atomic mass is 32.1. The van der Waals surface area contributed by atoms with Crippen molar-refractivity contribution in [1.82, 2.24) is 20.9 Å². The summed E-state index contributed by atoms with van der Waals surface area (Å²) in [6.07, 6.45) is 3.07. The second-order valence-corrected chi connectivity index (χ2v) is 8.42. The second kappa shape index (κ2) is 8.79. The molecular formula is C20H24N4O4S. The predicted molar refractivity (Wildman–Crippen MR) is 107 cm³/mol. The summed E-state index contributed by atoms with van der Waals surface area (Å²) in [6.45, 7) is 1.66. The van der Waals surface area contributed by atoms with Crippen LogP contribution < -0.4 is 16.0 Å². The Kier molecular flexibility index (Phi) is 5.96. The number of fused-ring (bicyclic) bond motifs is 1. The molecule has 0 radical (unpaired) electrons. The van der Waals surface area contributed by atoms with E-state index in [2.05, 4.69) is 20.9 Å². The molecule has 2 aromatic rings. The van der Waals surface area contributed by atoms with Crippen LogP contribution in [-0.4, -0.2) is 53.8 Å². The van der Waals surface area contributed by atoms with Crippen LogP contribution in [0.15, 0.2) is 40.3 Å². The number of thiophene rings is 1. The molecule has 3 N–H and O–H groups in total. The van der Waals surface area contributed by atoms with Crippen molar-refractivity contribution in [2.45, 2.75) is 43.9 Å². The molecular weight excluding hydrogens is 392 g/mol. The van der Waals surface area contributed by atoms with Crippen LogP contribution >= 0.6 is 11.3 Å². The molecule has 9 heteroatoms. The highest BCUT2D eigenvalue weighted by Crippen LogP contribution is 2.26. The SMILES string of the molecule is O=C(CC[C@@H]1CNC(=O)[C@@H]2C[C@@H](NC(=O)c3ccco3)CN12)NCc1cccs1. The maximum atomic E-state index is 12.3. The molecule has 2 aliphatic heterocycles. The smallest absolute Gasteiger partial charge is 0.287 e. The Balaban J connectivity index is 1.29. The van der Waals surface area contributed by atoms with Crippen LogP contribution in [0.25, 0.3) is 0 Å². The summed E-state index contributed by atoms with van der Waals surface area (Å²) in [5.74, 6) is -0.0186. The molecule has 2 aromatic heterocycles. The fraction of sp³-hybridized carbons (Fsp3) is 0.450. The molecule has 3 atom stereocenters. The van der Waals surface area contributed by atoms with Gasteiger partial charge < -0.3 is 20.4 Å². The molecule has 0 unspecified atom stereocenters. The zero-order valence-corrected chi connectivity index (χ0v) is 16.7. The van der Waals surface area contributed by atoms with Crippen molar-refractivity contribution >= 4 is 29.1 Å². The van der Waals surface area contributed by atoms with Crippen molar-refractivity contribution < 1.29 is 18.8 Å². The lowest BCUT2D eigenvalue weighted by Crippen LogP contribution is -2.58. The Morgan fingerprint density at radius 1 is 1.31 bits per heavy atom. The molecule has 0 saturated carbocycles. The lowest BCUT2D eigenvalue weighted by molar-refractivity contribution is -0.129. The largest absolute Gasteiger partial charge is 0.459 e. The molecule has 0 bridgehead atoms. The van der Waals surface area contributed by atoms with Crippen molar-refractivity contribution in [3.8, 4) is 0 Å². The third-order valence-corrected chi connectivity index (χ3v) is 6.32. The first kappa shape index (κ1) is 19.7. The number of piperazine rings is 1. The Morgan fingerprint density at radius 2 is 2.21 bits per heavy atom. The molecule has 2 saturated heterocycles. The van der Waals surface area contributed by atoms with Crippen LogP contribution in [0.1, 0.15) is 34.7 Å². The molecule has 8 nitrogen and oxygen atoms in total. The van der Waals surface area contributed by atoms with Gasteiger partial charge in [-0.1, -0.05) is 6.07 Å². The Morgan fingerprint density at radius 3 is 2.97 bits per heavy atom. The van der Waals surface area contributed by atoms with Gasteiger partial charge in [0.15, 0.2) is 5.76 Å². The third-order valence-electron chi connectivity index (χ3n) is 5.45. The van der Waals surface area contributed by atoms with Crippen molar-refractivity contribution in [3.63, 3.8) is 0 Å². The normalized spacial score (nSPS) is 24.0. The minimum Gasteiger partial charge on any atom is -0.459 e. The lowest BCUT2D eigenvalue weighted by Gasteiger charge is -2.37. The monoisotopic (exact) mass is 416 g/mol. The van der Waals surface area contributed by atoms with Gasteiger partial charge >= 0.3 is 0 Å². The Labute approximate surface area is 172 Å². The lowest BCUT2D eigenvalue weighted by atomic mass is 10.0. The number of nitrogens with one attached hydrogen (secondary N) is 3. The summed E-state index contributed by atoms with van der Waals surface area (Å²) >= 11 is 1.62. The van der Waals surface area contributed by atoms with Gasteiger partial charge in [-0.15, -0.1) is 11.3 Å². The number of hydrogen-bond donors (Lipinski definition) is 3. The molecule has 3 amide bonds. The number of hydrogen-bond acceptors (Lipinski definition) is 6. The summed E-state index contributed by atoms with van der Waals surface area (Å²) in [7, 11) is 0. The first-order chi connectivity index (χ1) is 14.1. The van der Waals surface area contributed by atoms with E-state index in [1.165, 1.54) is 6.26 Å². The van der Waals surface area contributed by atoms with Crippen molar-refractivity contribution in [1.29, 1.82) is 0 Å². The molecule has 154 valence electrons. The van der Waals surface area contributed by atoms with Crippen LogP contribution in [0.5, 0.6) is 0 Å². The highest BCUT2D eigenvalue weighted by molar-refractivity contribution is 7.09. The quantitative estimate of drug-likeness (QED) is 0.627. The van der Waals surface area contributed by atoms with Gasteiger partial charge in [0.25, 0.3) is 5.91 Å². The molecule has 2 aliphatic rings. The number of nitrogens with zero attached hydrogens (tertiary/aromatic N) is 1. The van der Waals surface area contributed by atoms with Crippen LogP contribution in [0.2, 0.25) is 0 Å². The zero-order chi connectivity index (χ0) is 20.2. The number of rotatable bonds is 7. The van der Waals surface area contributed by atoms with Crippen molar-refractivity contribution in [2.75, 3.05) is 13.1 Å². The van der Waals surface area contributed by atoms with Gasteiger partial charge in [-0.05, 0) is 36.4 Å². The molecule has 4 heterocycles. The summed E-state index contributed by atoms with van der Waals surface area (Å²) < 4.78 is 5.13. The van der Waals surface area contributed by atoms with E-state index >= 15 is 0 Å². The summed E-state index contributed by atoms with van der Waals surface area (Å²) in [5, 5.41) is 10.8. The minimum atomic E-state index is -0.273. The van der Waals surface area contributed by atoms with E-state index in [9.17, 15) is 14.4 Å². The number of carbonyl (C=O) groups is 3. The van der Waals surface area contributed by atoms with Crippen molar-refractivity contribution in [3.05, 3.63) is 46.5 Å². The number of carbonyl (C=O) groups excluding carboxylic acids is 3. The second-order valence-electron chi connectivity index (χ2n) is 7.39. The number of furan rings is 1. The van der Waals surface area contributed by atoms with E-state index in [-0.39, 0.29) is 41.6 Å². The summed E-state index contributed by atoms with van der Waals surface area (Å²) in [6, 6.07) is 6.91. The van der Waals surface area contributed by atoms with Crippen LogP contribution in [0.3, 0.4) is 0 Å². The van der Waals surface area contributed by atoms with E-state index in [4.69, 9.17) is 4.42 Å².